The van der Waals surface area contributed by atoms with Crippen LogP contribution in [-0.4, -0.2) is 14.3 Å². The van der Waals surface area contributed by atoms with E-state index in [4.69, 9.17) is 5.73 Å². The molecular weight excluding hydrogens is 295 g/mol. The van der Waals surface area contributed by atoms with Crippen LogP contribution in [0.5, 0.6) is 0 Å². The molecule has 3 N–H and O–H groups in total. The number of nitrogens with one attached hydrogen (secondary N) is 1. The third-order valence-electron chi connectivity index (χ3n) is 2.82. The summed E-state index contributed by atoms with van der Waals surface area (Å²) in [6.07, 6.45) is 0. The number of rotatable bonds is 4. The first-order valence-electron chi connectivity index (χ1n) is 5.98. The number of hydrogen-bond acceptors (Lipinski definition) is 3. The van der Waals surface area contributed by atoms with Gasteiger partial charge in [-0.1, -0.05) is 6.07 Å². The summed E-state index contributed by atoms with van der Waals surface area (Å²) in [7, 11) is -3.93. The molecule has 110 valence electrons. The number of anilines is 1. The van der Waals surface area contributed by atoms with Crippen molar-refractivity contribution in [2.24, 2.45) is 5.73 Å². The Morgan fingerprint density at radius 2 is 1.76 bits per heavy atom. The molecule has 0 bridgehead atoms. The van der Waals surface area contributed by atoms with Crippen LogP contribution in [0.4, 0.5) is 10.1 Å². The van der Waals surface area contributed by atoms with Gasteiger partial charge in [-0.25, -0.2) is 12.8 Å². The highest BCUT2D eigenvalue weighted by Crippen LogP contribution is 2.20. The molecule has 2 rings (SSSR count). The van der Waals surface area contributed by atoms with Gasteiger partial charge in [-0.05, 0) is 48.9 Å². The van der Waals surface area contributed by atoms with Gasteiger partial charge in [0.25, 0.3) is 10.0 Å². The summed E-state index contributed by atoms with van der Waals surface area (Å²) in [6, 6.07) is 9.22. The number of primary amides is 1. The van der Waals surface area contributed by atoms with E-state index >= 15 is 0 Å². The standard InChI is InChI=1S/C14H13FN2O3S/c1-9-2-7-13(12(15)8-9)17-21(19,20)11-5-3-10(4-6-11)14(16)18/h2-8,17H,1H3,(H2,16,18). The fourth-order valence-electron chi connectivity index (χ4n) is 1.70. The number of benzene rings is 2. The van der Waals surface area contributed by atoms with E-state index in [0.717, 1.165) is 0 Å². The molecule has 7 heteroatoms. The lowest BCUT2D eigenvalue weighted by atomic mass is 10.2. The second-order valence-corrected chi connectivity index (χ2v) is 6.16. The molecule has 0 spiro atoms. The van der Waals surface area contributed by atoms with E-state index in [1.807, 2.05) is 0 Å². The van der Waals surface area contributed by atoms with Gasteiger partial charge in [0.15, 0.2) is 0 Å². The highest BCUT2D eigenvalue weighted by Gasteiger charge is 2.16. The minimum absolute atomic E-state index is 0.0903. The molecule has 2 aromatic rings. The molecule has 5 nitrogen and oxygen atoms in total. The summed E-state index contributed by atoms with van der Waals surface area (Å²) < 4.78 is 40.1. The molecule has 0 radical (unpaired) electrons. The first-order chi connectivity index (χ1) is 9.79. The van der Waals surface area contributed by atoms with Crippen molar-refractivity contribution in [3.63, 3.8) is 0 Å². The van der Waals surface area contributed by atoms with Gasteiger partial charge in [-0.2, -0.15) is 0 Å². The number of aryl methyl sites for hydroxylation is 1. The van der Waals surface area contributed by atoms with Crippen LogP contribution in [0, 0.1) is 12.7 Å². The van der Waals surface area contributed by atoms with Crippen LogP contribution in [0.15, 0.2) is 47.4 Å². The van der Waals surface area contributed by atoms with Crippen molar-refractivity contribution in [3.8, 4) is 0 Å². The minimum atomic E-state index is -3.93. The number of sulfonamides is 1. The van der Waals surface area contributed by atoms with Crippen LogP contribution >= 0.6 is 0 Å². The van der Waals surface area contributed by atoms with Gasteiger partial charge in [0.1, 0.15) is 5.82 Å². The highest BCUT2D eigenvalue weighted by atomic mass is 32.2. The zero-order valence-corrected chi connectivity index (χ0v) is 11.9. The van der Waals surface area contributed by atoms with Gasteiger partial charge >= 0.3 is 0 Å². The third kappa shape index (κ3) is 3.38. The van der Waals surface area contributed by atoms with Gasteiger partial charge in [-0.3, -0.25) is 9.52 Å². The summed E-state index contributed by atoms with van der Waals surface area (Å²) in [5.41, 5.74) is 5.81. The molecule has 0 heterocycles. The molecule has 0 aliphatic carbocycles. The van der Waals surface area contributed by atoms with Gasteiger partial charge in [0.2, 0.25) is 5.91 Å². The van der Waals surface area contributed by atoms with Crippen LogP contribution in [0.3, 0.4) is 0 Å². The van der Waals surface area contributed by atoms with E-state index in [-0.39, 0.29) is 16.1 Å². The van der Waals surface area contributed by atoms with E-state index in [1.165, 1.54) is 36.4 Å². The van der Waals surface area contributed by atoms with E-state index in [9.17, 15) is 17.6 Å². The van der Waals surface area contributed by atoms with Crippen molar-refractivity contribution in [1.82, 2.24) is 0 Å². The van der Waals surface area contributed by atoms with Gasteiger partial charge < -0.3 is 5.73 Å². The lowest BCUT2D eigenvalue weighted by Gasteiger charge is -2.09. The van der Waals surface area contributed by atoms with E-state index in [1.54, 1.807) is 13.0 Å². The van der Waals surface area contributed by atoms with Gasteiger partial charge in [0.05, 0.1) is 10.6 Å². The van der Waals surface area contributed by atoms with Crippen molar-refractivity contribution >= 4 is 21.6 Å². The zero-order chi connectivity index (χ0) is 15.6. The molecule has 0 aromatic heterocycles. The zero-order valence-electron chi connectivity index (χ0n) is 11.1. The second-order valence-electron chi connectivity index (χ2n) is 4.48. The van der Waals surface area contributed by atoms with Crippen LogP contribution in [0.1, 0.15) is 15.9 Å². The quantitative estimate of drug-likeness (QED) is 0.905. The van der Waals surface area contributed by atoms with Crippen molar-refractivity contribution in [3.05, 3.63) is 59.4 Å². The largest absolute Gasteiger partial charge is 0.366 e. The molecule has 0 fully saturated rings. The molecule has 2 aromatic carbocycles. The van der Waals surface area contributed by atoms with Crippen molar-refractivity contribution in [1.29, 1.82) is 0 Å². The lowest BCUT2D eigenvalue weighted by molar-refractivity contribution is 0.1000. The van der Waals surface area contributed by atoms with E-state index < -0.39 is 21.7 Å². The van der Waals surface area contributed by atoms with Crippen LogP contribution < -0.4 is 10.5 Å². The van der Waals surface area contributed by atoms with Crippen LogP contribution in [-0.2, 0) is 10.0 Å². The van der Waals surface area contributed by atoms with Crippen molar-refractivity contribution in [2.75, 3.05) is 4.72 Å². The fourth-order valence-corrected chi connectivity index (χ4v) is 2.77. The maximum absolute atomic E-state index is 13.7. The molecule has 0 aliphatic heterocycles. The monoisotopic (exact) mass is 308 g/mol. The fraction of sp³-hybridized carbons (Fsp3) is 0.0714. The average Bonchev–Trinajstić information content (AvgIpc) is 2.42. The maximum atomic E-state index is 13.7. The number of amides is 1. The van der Waals surface area contributed by atoms with Crippen molar-refractivity contribution in [2.45, 2.75) is 11.8 Å². The van der Waals surface area contributed by atoms with E-state index in [0.29, 0.717) is 5.56 Å². The molecule has 0 atom stereocenters. The number of carbonyl (C=O) groups excluding carboxylic acids is 1. The smallest absolute Gasteiger partial charge is 0.261 e. The number of nitrogens with two attached hydrogens (primary N) is 1. The Morgan fingerprint density at radius 3 is 2.29 bits per heavy atom. The summed E-state index contributed by atoms with van der Waals surface area (Å²) in [4.78, 5) is 10.8. The summed E-state index contributed by atoms with van der Waals surface area (Å²) in [5, 5.41) is 0. The summed E-state index contributed by atoms with van der Waals surface area (Å²) in [5.74, 6) is -1.32. The minimum Gasteiger partial charge on any atom is -0.366 e. The molecule has 21 heavy (non-hydrogen) atoms. The normalized spacial score (nSPS) is 11.1. The highest BCUT2D eigenvalue weighted by molar-refractivity contribution is 7.92. The molecule has 0 unspecified atom stereocenters. The second kappa shape index (κ2) is 5.53. The first kappa shape index (κ1) is 15.0. The Kier molecular flexibility index (Phi) is 3.95. The Balaban J connectivity index is 2.31. The molecule has 0 saturated heterocycles. The Labute approximate surface area is 121 Å². The molecular formula is C14H13FN2O3S. The van der Waals surface area contributed by atoms with Gasteiger partial charge in [-0.15, -0.1) is 0 Å². The van der Waals surface area contributed by atoms with Crippen molar-refractivity contribution < 1.29 is 17.6 Å². The molecule has 0 aliphatic rings. The predicted molar refractivity (Wildman–Crippen MR) is 76.9 cm³/mol. The van der Waals surface area contributed by atoms with Crippen LogP contribution in [0.2, 0.25) is 0 Å². The molecule has 1 amide bonds. The third-order valence-corrected chi connectivity index (χ3v) is 4.20. The summed E-state index contributed by atoms with van der Waals surface area (Å²) in [6.45, 7) is 1.70. The Bertz CT molecular complexity index is 786. The first-order valence-corrected chi connectivity index (χ1v) is 7.47. The Morgan fingerprint density at radius 1 is 1.14 bits per heavy atom. The molecule has 0 saturated carbocycles. The number of halogens is 1. The predicted octanol–water partition coefficient (Wildman–Crippen LogP) is 2.03. The number of carbonyl (C=O) groups is 1. The average molecular weight is 308 g/mol. The summed E-state index contributed by atoms with van der Waals surface area (Å²) >= 11 is 0. The van der Waals surface area contributed by atoms with Crippen LogP contribution in [0.25, 0.3) is 0 Å². The topological polar surface area (TPSA) is 89.3 Å². The maximum Gasteiger partial charge on any atom is 0.261 e. The lowest BCUT2D eigenvalue weighted by Crippen LogP contribution is -2.15. The Hall–Kier alpha value is -2.41. The SMILES string of the molecule is Cc1ccc(NS(=O)(=O)c2ccc(C(N)=O)cc2)c(F)c1. The van der Waals surface area contributed by atoms with E-state index in [2.05, 4.69) is 4.72 Å². The number of hydrogen-bond donors (Lipinski definition) is 2. The van der Waals surface area contributed by atoms with Gasteiger partial charge in [0, 0.05) is 5.56 Å².